The van der Waals surface area contributed by atoms with Crippen LogP contribution < -0.4 is 18.9 Å². The van der Waals surface area contributed by atoms with E-state index in [0.717, 1.165) is 22.3 Å². The number of esters is 2. The molecule has 39 heavy (non-hydrogen) atoms. The van der Waals surface area contributed by atoms with Crippen LogP contribution in [0.2, 0.25) is 0 Å². The van der Waals surface area contributed by atoms with Crippen LogP contribution in [0.15, 0.2) is 97.1 Å². The number of carbonyl (C=O) groups excluding carboxylic acids is 2. The first kappa shape index (κ1) is 29.0. The van der Waals surface area contributed by atoms with Gasteiger partial charge in [-0.1, -0.05) is 62.1 Å². The molecule has 0 aliphatic heterocycles. The van der Waals surface area contributed by atoms with E-state index in [4.69, 9.17) is 18.9 Å². The van der Waals surface area contributed by atoms with Gasteiger partial charge in [-0.25, -0.2) is 4.79 Å². The molecule has 0 saturated heterocycles. The van der Waals surface area contributed by atoms with Gasteiger partial charge in [0.2, 0.25) is 0 Å². The standard InChI is InChI=1S/C33H34O6/c1-6-9-19-36-30-22-29(25-13-17-27(18-14-25)39-33(35)23(4)5)31(37-20-10-7-2)21-28(30)24-11-15-26(16-12-24)38-32(34)8-3/h6-7,9-18,21-22H,4,8,19-20H2,1-3,5H3/b9-6+,10-7+. The van der Waals surface area contributed by atoms with Gasteiger partial charge in [-0.3, -0.25) is 4.79 Å². The van der Waals surface area contributed by atoms with E-state index in [0.29, 0.717) is 48.2 Å². The van der Waals surface area contributed by atoms with Gasteiger partial charge in [-0.05, 0) is 68.3 Å². The van der Waals surface area contributed by atoms with E-state index in [1.54, 1.807) is 38.1 Å². The lowest BCUT2D eigenvalue weighted by Crippen LogP contribution is -2.07. The number of hydrogen-bond donors (Lipinski definition) is 0. The molecule has 0 fully saturated rings. The Bertz CT molecular complexity index is 1350. The van der Waals surface area contributed by atoms with Crippen molar-refractivity contribution in [1.82, 2.24) is 0 Å². The van der Waals surface area contributed by atoms with Crippen molar-refractivity contribution in [2.75, 3.05) is 13.2 Å². The van der Waals surface area contributed by atoms with E-state index in [1.807, 2.05) is 74.5 Å². The predicted octanol–water partition coefficient (Wildman–Crippen LogP) is 7.73. The highest BCUT2D eigenvalue weighted by Crippen LogP contribution is 2.42. The van der Waals surface area contributed by atoms with Gasteiger partial charge in [-0.2, -0.15) is 0 Å². The lowest BCUT2D eigenvalue weighted by Gasteiger charge is -2.18. The maximum absolute atomic E-state index is 11.9. The van der Waals surface area contributed by atoms with Crippen LogP contribution in [0.5, 0.6) is 23.0 Å². The van der Waals surface area contributed by atoms with Crippen LogP contribution in [0.4, 0.5) is 0 Å². The summed E-state index contributed by atoms with van der Waals surface area (Å²) in [5.74, 6) is 1.47. The first-order chi connectivity index (χ1) is 18.9. The summed E-state index contributed by atoms with van der Waals surface area (Å²) >= 11 is 0. The minimum Gasteiger partial charge on any atom is -0.489 e. The molecule has 0 atom stereocenters. The summed E-state index contributed by atoms with van der Waals surface area (Å²) in [6.07, 6.45) is 8.01. The normalized spacial score (nSPS) is 11.0. The molecule has 6 nitrogen and oxygen atoms in total. The highest BCUT2D eigenvalue weighted by atomic mass is 16.5. The van der Waals surface area contributed by atoms with Gasteiger partial charge in [0.25, 0.3) is 0 Å². The molecule has 0 N–H and O–H groups in total. The molecule has 0 aromatic heterocycles. The van der Waals surface area contributed by atoms with E-state index < -0.39 is 5.97 Å². The SMILES string of the molecule is C=C(C)C(=O)Oc1ccc(-c2cc(OC/C=C/C)c(-c3ccc(OC(=O)CC)cc3)cc2OC/C=C/C)cc1. The van der Waals surface area contributed by atoms with E-state index in [2.05, 4.69) is 6.58 Å². The lowest BCUT2D eigenvalue weighted by molar-refractivity contribution is -0.134. The Morgan fingerprint density at radius 2 is 1.18 bits per heavy atom. The molecule has 0 spiro atoms. The van der Waals surface area contributed by atoms with Crippen molar-refractivity contribution in [3.63, 3.8) is 0 Å². The van der Waals surface area contributed by atoms with Gasteiger partial charge in [0.1, 0.15) is 36.2 Å². The summed E-state index contributed by atoms with van der Waals surface area (Å²) in [7, 11) is 0. The topological polar surface area (TPSA) is 71.1 Å². The van der Waals surface area contributed by atoms with E-state index >= 15 is 0 Å². The average molecular weight is 527 g/mol. The first-order valence-corrected chi connectivity index (χ1v) is 12.8. The molecule has 0 bridgehead atoms. The Hall–Kier alpha value is -4.58. The number of benzene rings is 3. The van der Waals surface area contributed by atoms with E-state index in [9.17, 15) is 9.59 Å². The number of carbonyl (C=O) groups is 2. The van der Waals surface area contributed by atoms with Crippen molar-refractivity contribution in [3.8, 4) is 45.3 Å². The highest BCUT2D eigenvalue weighted by Gasteiger charge is 2.16. The monoisotopic (exact) mass is 526 g/mol. The zero-order valence-electron chi connectivity index (χ0n) is 22.9. The molecular formula is C33H34O6. The highest BCUT2D eigenvalue weighted by molar-refractivity contribution is 5.89. The molecule has 3 rings (SSSR count). The Labute approximate surface area is 230 Å². The molecule has 6 heteroatoms. The van der Waals surface area contributed by atoms with E-state index in [1.165, 1.54) is 0 Å². The molecule has 0 saturated carbocycles. The molecule has 0 aliphatic carbocycles. The van der Waals surface area contributed by atoms with Crippen molar-refractivity contribution in [2.24, 2.45) is 0 Å². The maximum Gasteiger partial charge on any atom is 0.338 e. The molecule has 0 amide bonds. The minimum atomic E-state index is -0.474. The summed E-state index contributed by atoms with van der Waals surface area (Å²) in [6.45, 7) is 11.6. The lowest BCUT2D eigenvalue weighted by atomic mass is 9.97. The largest absolute Gasteiger partial charge is 0.489 e. The molecule has 0 radical (unpaired) electrons. The zero-order valence-corrected chi connectivity index (χ0v) is 22.9. The zero-order chi connectivity index (χ0) is 28.2. The Kier molecular flexibility index (Phi) is 10.7. The molecule has 3 aromatic carbocycles. The number of ether oxygens (including phenoxy) is 4. The van der Waals surface area contributed by atoms with Gasteiger partial charge >= 0.3 is 11.9 Å². The Morgan fingerprint density at radius 3 is 1.56 bits per heavy atom. The van der Waals surface area contributed by atoms with Crippen LogP contribution in [0.1, 0.15) is 34.1 Å². The van der Waals surface area contributed by atoms with Gasteiger partial charge in [0, 0.05) is 23.1 Å². The fraction of sp³-hybridized carbons (Fsp3) is 0.212. The third-order valence-corrected chi connectivity index (χ3v) is 5.63. The third-order valence-electron chi connectivity index (χ3n) is 5.63. The summed E-state index contributed by atoms with van der Waals surface area (Å²) in [5, 5.41) is 0. The second kappa shape index (κ2) is 14.4. The molecule has 0 heterocycles. The van der Waals surface area contributed by atoms with Crippen molar-refractivity contribution in [3.05, 3.63) is 97.1 Å². The minimum absolute atomic E-state index is 0.289. The fourth-order valence-corrected chi connectivity index (χ4v) is 3.52. The Morgan fingerprint density at radius 1 is 0.744 bits per heavy atom. The van der Waals surface area contributed by atoms with Crippen LogP contribution in [-0.4, -0.2) is 25.2 Å². The molecule has 0 aliphatic rings. The van der Waals surface area contributed by atoms with Crippen LogP contribution in [-0.2, 0) is 9.59 Å². The smallest absolute Gasteiger partial charge is 0.338 e. The molecular weight excluding hydrogens is 492 g/mol. The second-order valence-corrected chi connectivity index (χ2v) is 8.65. The number of allylic oxidation sites excluding steroid dienone is 2. The predicted molar refractivity (Wildman–Crippen MR) is 154 cm³/mol. The van der Waals surface area contributed by atoms with Crippen molar-refractivity contribution >= 4 is 11.9 Å². The Balaban J connectivity index is 2.06. The van der Waals surface area contributed by atoms with Crippen LogP contribution in [0, 0.1) is 0 Å². The molecule has 0 unspecified atom stereocenters. The quantitative estimate of drug-likeness (QED) is 0.104. The third kappa shape index (κ3) is 8.20. The van der Waals surface area contributed by atoms with Crippen LogP contribution in [0.25, 0.3) is 22.3 Å². The second-order valence-electron chi connectivity index (χ2n) is 8.65. The van der Waals surface area contributed by atoms with Gasteiger partial charge in [0.15, 0.2) is 0 Å². The summed E-state index contributed by atoms with van der Waals surface area (Å²) in [4.78, 5) is 23.6. The fourth-order valence-electron chi connectivity index (χ4n) is 3.52. The van der Waals surface area contributed by atoms with Crippen molar-refractivity contribution < 1.29 is 28.5 Å². The average Bonchev–Trinajstić information content (AvgIpc) is 2.94. The van der Waals surface area contributed by atoms with Gasteiger partial charge < -0.3 is 18.9 Å². The van der Waals surface area contributed by atoms with Crippen molar-refractivity contribution in [2.45, 2.75) is 34.1 Å². The summed E-state index contributed by atoms with van der Waals surface area (Å²) in [6, 6.07) is 18.4. The summed E-state index contributed by atoms with van der Waals surface area (Å²) in [5.41, 5.74) is 3.73. The van der Waals surface area contributed by atoms with Gasteiger partial charge in [0.05, 0.1) is 0 Å². The van der Waals surface area contributed by atoms with Crippen molar-refractivity contribution in [1.29, 1.82) is 0 Å². The number of hydrogen-bond acceptors (Lipinski definition) is 6. The first-order valence-electron chi connectivity index (χ1n) is 12.8. The van der Waals surface area contributed by atoms with Gasteiger partial charge in [-0.15, -0.1) is 0 Å². The van der Waals surface area contributed by atoms with E-state index in [-0.39, 0.29) is 5.97 Å². The molecule has 3 aromatic rings. The van der Waals surface area contributed by atoms with Crippen LogP contribution >= 0.6 is 0 Å². The van der Waals surface area contributed by atoms with Crippen LogP contribution in [0.3, 0.4) is 0 Å². The maximum atomic E-state index is 11.9. The summed E-state index contributed by atoms with van der Waals surface area (Å²) < 4.78 is 23.0. The molecule has 202 valence electrons. The number of rotatable bonds is 12.